The Morgan fingerprint density at radius 2 is 1.52 bits per heavy atom. The van der Waals surface area contributed by atoms with Crippen LogP contribution in [0.3, 0.4) is 0 Å². The summed E-state index contributed by atoms with van der Waals surface area (Å²) in [5, 5.41) is 15.3. The molecule has 3 aromatic rings. The SMILES string of the molecule is C/C(=C\CNC(=O)OCC1c2ccccc2-c2ccccc21)C(=O)NC1(CC(=O)O)CCN(Cc2ccccc2)CC1. The first-order valence-electron chi connectivity index (χ1n) is 14.4. The summed E-state index contributed by atoms with van der Waals surface area (Å²) in [6, 6.07) is 26.4. The van der Waals surface area contributed by atoms with E-state index in [4.69, 9.17) is 4.74 Å². The monoisotopic (exact) mass is 567 g/mol. The van der Waals surface area contributed by atoms with Gasteiger partial charge in [0.1, 0.15) is 6.61 Å². The molecule has 3 aromatic carbocycles. The van der Waals surface area contributed by atoms with Crippen molar-refractivity contribution in [2.24, 2.45) is 0 Å². The lowest BCUT2D eigenvalue weighted by Crippen LogP contribution is -2.56. The van der Waals surface area contributed by atoms with Crippen molar-refractivity contribution < 1.29 is 24.2 Å². The van der Waals surface area contributed by atoms with E-state index in [1.54, 1.807) is 13.0 Å². The second-order valence-electron chi connectivity index (χ2n) is 11.2. The summed E-state index contributed by atoms with van der Waals surface area (Å²) in [5.41, 5.74) is 5.40. The summed E-state index contributed by atoms with van der Waals surface area (Å²) in [4.78, 5) is 39.5. The molecule has 2 amide bonds. The van der Waals surface area contributed by atoms with Gasteiger partial charge in [0.25, 0.3) is 0 Å². The molecule has 42 heavy (non-hydrogen) atoms. The van der Waals surface area contributed by atoms with Crippen molar-refractivity contribution in [1.29, 1.82) is 0 Å². The second-order valence-corrected chi connectivity index (χ2v) is 11.2. The fraction of sp³-hybridized carbons (Fsp3) is 0.324. The molecule has 218 valence electrons. The maximum atomic E-state index is 13.0. The largest absolute Gasteiger partial charge is 0.481 e. The molecule has 0 atom stereocenters. The van der Waals surface area contributed by atoms with Gasteiger partial charge in [-0.3, -0.25) is 14.5 Å². The van der Waals surface area contributed by atoms with Crippen LogP contribution in [0.2, 0.25) is 0 Å². The Hall–Kier alpha value is -4.43. The minimum atomic E-state index is -0.939. The molecule has 0 aromatic heterocycles. The lowest BCUT2D eigenvalue weighted by molar-refractivity contribution is -0.139. The molecule has 3 N–H and O–H groups in total. The summed E-state index contributed by atoms with van der Waals surface area (Å²) >= 11 is 0. The molecule has 1 fully saturated rings. The molecule has 5 rings (SSSR count). The number of ether oxygens (including phenoxy) is 1. The van der Waals surface area contributed by atoms with Gasteiger partial charge >= 0.3 is 12.1 Å². The Balaban J connectivity index is 1.11. The van der Waals surface area contributed by atoms with Gasteiger partial charge in [0.15, 0.2) is 0 Å². The van der Waals surface area contributed by atoms with Gasteiger partial charge < -0.3 is 20.5 Å². The highest BCUT2D eigenvalue weighted by molar-refractivity contribution is 5.93. The van der Waals surface area contributed by atoms with Crippen LogP contribution in [0.15, 0.2) is 90.5 Å². The maximum Gasteiger partial charge on any atom is 0.407 e. The molecule has 0 saturated carbocycles. The van der Waals surface area contributed by atoms with Crippen LogP contribution < -0.4 is 10.6 Å². The third-order valence-corrected chi connectivity index (χ3v) is 8.29. The molecule has 2 aliphatic rings. The number of rotatable bonds is 10. The number of nitrogens with zero attached hydrogens (tertiary/aromatic N) is 1. The quantitative estimate of drug-likeness (QED) is 0.295. The number of amides is 2. The minimum absolute atomic E-state index is 0.0317. The summed E-state index contributed by atoms with van der Waals surface area (Å²) in [7, 11) is 0. The summed E-state index contributed by atoms with van der Waals surface area (Å²) in [6.45, 7) is 4.16. The topological polar surface area (TPSA) is 108 Å². The van der Waals surface area contributed by atoms with Crippen molar-refractivity contribution >= 4 is 18.0 Å². The standard InChI is InChI=1S/C34H37N3O5/c1-24(32(40)36-34(21-31(38)39)16-19-37(20-17-34)22-25-9-3-2-4-10-25)15-18-35-33(41)42-23-30-28-13-7-5-11-26(28)27-12-6-8-14-29(27)30/h2-15,30H,16-23H2,1H3,(H,35,41)(H,36,40)(H,38,39)/b24-15+. The zero-order valence-electron chi connectivity index (χ0n) is 23.8. The van der Waals surface area contributed by atoms with E-state index in [2.05, 4.69) is 51.9 Å². The van der Waals surface area contributed by atoms with Crippen molar-refractivity contribution in [2.45, 2.75) is 44.2 Å². The average Bonchev–Trinajstić information content (AvgIpc) is 3.31. The zero-order valence-corrected chi connectivity index (χ0v) is 23.8. The lowest BCUT2D eigenvalue weighted by atomic mass is 9.83. The zero-order chi connectivity index (χ0) is 29.5. The van der Waals surface area contributed by atoms with E-state index < -0.39 is 17.6 Å². The van der Waals surface area contributed by atoms with Gasteiger partial charge in [0.05, 0.1) is 12.0 Å². The van der Waals surface area contributed by atoms with Crippen molar-refractivity contribution in [3.05, 3.63) is 107 Å². The Labute approximate surface area is 246 Å². The Bertz CT molecular complexity index is 1420. The van der Waals surface area contributed by atoms with Crippen LogP contribution in [0.25, 0.3) is 11.1 Å². The fourth-order valence-corrected chi connectivity index (χ4v) is 5.99. The highest BCUT2D eigenvalue weighted by Gasteiger charge is 2.38. The summed E-state index contributed by atoms with van der Waals surface area (Å²) < 4.78 is 5.57. The minimum Gasteiger partial charge on any atom is -0.481 e. The number of benzene rings is 3. The molecule has 8 nitrogen and oxygen atoms in total. The molecule has 1 saturated heterocycles. The molecular formula is C34H37N3O5. The molecule has 1 aliphatic carbocycles. The maximum absolute atomic E-state index is 13.0. The number of piperidine rings is 1. The first-order chi connectivity index (χ1) is 20.3. The normalized spacial score (nSPS) is 16.3. The number of carbonyl (C=O) groups is 3. The van der Waals surface area contributed by atoms with Crippen molar-refractivity contribution in [3.8, 4) is 11.1 Å². The van der Waals surface area contributed by atoms with Gasteiger partial charge in [-0.05, 0) is 47.6 Å². The molecule has 1 aliphatic heterocycles. The number of likely N-dealkylation sites (tertiary alicyclic amines) is 1. The first-order valence-corrected chi connectivity index (χ1v) is 14.4. The van der Waals surface area contributed by atoms with Crippen LogP contribution in [0.4, 0.5) is 4.79 Å². The second kappa shape index (κ2) is 13.0. The van der Waals surface area contributed by atoms with Gasteiger partial charge in [-0.1, -0.05) is 84.9 Å². The Morgan fingerprint density at radius 1 is 0.929 bits per heavy atom. The lowest BCUT2D eigenvalue weighted by Gasteiger charge is -2.41. The fourth-order valence-electron chi connectivity index (χ4n) is 5.99. The number of carboxylic acids is 1. The summed E-state index contributed by atoms with van der Waals surface area (Å²) in [5.74, 6) is -1.30. The predicted molar refractivity (Wildman–Crippen MR) is 161 cm³/mol. The van der Waals surface area contributed by atoms with E-state index >= 15 is 0 Å². The first kappa shape index (κ1) is 29.1. The average molecular weight is 568 g/mol. The van der Waals surface area contributed by atoms with E-state index in [9.17, 15) is 19.5 Å². The molecular weight excluding hydrogens is 530 g/mol. The number of hydrogen-bond acceptors (Lipinski definition) is 5. The third kappa shape index (κ3) is 6.89. The van der Waals surface area contributed by atoms with Gasteiger partial charge in [0, 0.05) is 37.7 Å². The highest BCUT2D eigenvalue weighted by atomic mass is 16.5. The van der Waals surface area contributed by atoms with Crippen LogP contribution in [0.5, 0.6) is 0 Å². The third-order valence-electron chi connectivity index (χ3n) is 8.29. The number of carboxylic acid groups (broad SMARTS) is 1. The molecule has 8 heteroatoms. The number of carbonyl (C=O) groups excluding carboxylic acids is 2. The van der Waals surface area contributed by atoms with Crippen molar-refractivity contribution in [1.82, 2.24) is 15.5 Å². The van der Waals surface area contributed by atoms with E-state index in [1.165, 1.54) is 5.56 Å². The van der Waals surface area contributed by atoms with Crippen LogP contribution in [0.1, 0.15) is 48.8 Å². The summed E-state index contributed by atoms with van der Waals surface area (Å²) in [6.07, 6.45) is 2.01. The smallest absolute Gasteiger partial charge is 0.407 e. The van der Waals surface area contributed by atoms with Gasteiger partial charge in [-0.25, -0.2) is 4.79 Å². The number of nitrogens with one attached hydrogen (secondary N) is 2. The van der Waals surface area contributed by atoms with E-state index in [1.807, 2.05) is 42.5 Å². The molecule has 0 bridgehead atoms. The molecule has 0 radical (unpaired) electrons. The molecule has 0 spiro atoms. The number of hydrogen-bond donors (Lipinski definition) is 3. The van der Waals surface area contributed by atoms with E-state index in [0.29, 0.717) is 31.5 Å². The molecule has 1 heterocycles. The van der Waals surface area contributed by atoms with Crippen LogP contribution in [-0.4, -0.2) is 59.8 Å². The van der Waals surface area contributed by atoms with Gasteiger partial charge in [-0.2, -0.15) is 0 Å². The van der Waals surface area contributed by atoms with Crippen LogP contribution in [0, 0.1) is 0 Å². The van der Waals surface area contributed by atoms with Crippen LogP contribution >= 0.6 is 0 Å². The predicted octanol–water partition coefficient (Wildman–Crippen LogP) is 5.10. The number of alkyl carbamates (subject to hydrolysis) is 1. The number of fused-ring (bicyclic) bond motifs is 3. The van der Waals surface area contributed by atoms with Crippen LogP contribution in [-0.2, 0) is 20.9 Å². The van der Waals surface area contributed by atoms with Crippen molar-refractivity contribution in [2.75, 3.05) is 26.2 Å². The van der Waals surface area contributed by atoms with E-state index in [0.717, 1.165) is 28.8 Å². The Morgan fingerprint density at radius 3 is 2.14 bits per heavy atom. The van der Waals surface area contributed by atoms with Gasteiger partial charge in [0.2, 0.25) is 5.91 Å². The van der Waals surface area contributed by atoms with E-state index in [-0.39, 0.29) is 31.4 Å². The molecule has 0 unspecified atom stereocenters. The Kier molecular flexibility index (Phi) is 9.03. The highest BCUT2D eigenvalue weighted by Crippen LogP contribution is 2.44. The van der Waals surface area contributed by atoms with Crippen molar-refractivity contribution in [3.63, 3.8) is 0 Å². The van der Waals surface area contributed by atoms with Gasteiger partial charge in [-0.15, -0.1) is 0 Å². The number of aliphatic carboxylic acids is 1.